The summed E-state index contributed by atoms with van der Waals surface area (Å²) in [5, 5.41) is 5.78. The molecule has 0 bridgehead atoms. The Kier molecular flexibility index (Phi) is 6.00. The molecule has 0 aliphatic carbocycles. The molecule has 2 N–H and O–H groups in total. The highest BCUT2D eigenvalue weighted by molar-refractivity contribution is 5.96. The lowest BCUT2D eigenvalue weighted by molar-refractivity contribution is -0.117. The van der Waals surface area contributed by atoms with Crippen molar-refractivity contribution in [3.05, 3.63) is 96.1 Å². The molecular formula is C23H22N2O2. The topological polar surface area (TPSA) is 58.2 Å². The fourth-order valence-electron chi connectivity index (χ4n) is 2.77. The number of rotatable bonds is 6. The summed E-state index contributed by atoms with van der Waals surface area (Å²) in [5.74, 6) is -0.380. The van der Waals surface area contributed by atoms with Gasteiger partial charge in [-0.15, -0.1) is 0 Å². The molecular weight excluding hydrogens is 336 g/mol. The number of anilines is 2. The summed E-state index contributed by atoms with van der Waals surface area (Å²) in [6.07, 6.45) is 0.327. The highest BCUT2D eigenvalue weighted by Gasteiger charge is 2.14. The van der Waals surface area contributed by atoms with Crippen LogP contribution >= 0.6 is 0 Å². The summed E-state index contributed by atoms with van der Waals surface area (Å²) < 4.78 is 0. The lowest BCUT2D eigenvalue weighted by Crippen LogP contribution is -2.19. The number of amides is 2. The standard InChI is InChI=1S/C23H22N2O2/c1-17(19-10-6-3-7-11-19)23(27)25-21-14-12-20(13-15-21)24-22(26)16-18-8-4-2-5-9-18/h2-15,17H,16H2,1H3,(H,24,26)(H,25,27)/t17-/m0/s1. The van der Waals surface area contributed by atoms with Crippen LogP contribution in [0.3, 0.4) is 0 Å². The van der Waals surface area contributed by atoms with E-state index >= 15 is 0 Å². The molecule has 2 amide bonds. The Labute approximate surface area is 159 Å². The summed E-state index contributed by atoms with van der Waals surface area (Å²) in [5.41, 5.74) is 3.34. The molecule has 3 rings (SSSR count). The molecule has 0 aromatic heterocycles. The predicted octanol–water partition coefficient (Wildman–Crippen LogP) is 4.61. The van der Waals surface area contributed by atoms with Gasteiger partial charge in [0.15, 0.2) is 0 Å². The van der Waals surface area contributed by atoms with Crippen LogP contribution in [0.4, 0.5) is 11.4 Å². The van der Waals surface area contributed by atoms with Crippen LogP contribution in [0.15, 0.2) is 84.9 Å². The van der Waals surface area contributed by atoms with E-state index in [1.807, 2.05) is 67.6 Å². The Balaban J connectivity index is 1.55. The summed E-state index contributed by atoms with van der Waals surface area (Å²) in [7, 11) is 0. The Bertz CT molecular complexity index is 891. The van der Waals surface area contributed by atoms with Gasteiger partial charge in [-0.2, -0.15) is 0 Å². The molecule has 1 atom stereocenters. The SMILES string of the molecule is C[C@H](C(=O)Nc1ccc(NC(=O)Cc2ccccc2)cc1)c1ccccc1. The van der Waals surface area contributed by atoms with Gasteiger partial charge in [-0.1, -0.05) is 60.7 Å². The predicted molar refractivity (Wildman–Crippen MR) is 109 cm³/mol. The van der Waals surface area contributed by atoms with Gasteiger partial charge in [0.1, 0.15) is 0 Å². The van der Waals surface area contributed by atoms with Crippen molar-refractivity contribution in [2.45, 2.75) is 19.3 Å². The van der Waals surface area contributed by atoms with E-state index in [-0.39, 0.29) is 17.7 Å². The zero-order valence-electron chi connectivity index (χ0n) is 15.2. The molecule has 0 unspecified atom stereocenters. The van der Waals surface area contributed by atoms with Gasteiger partial charge in [-0.05, 0) is 42.3 Å². The van der Waals surface area contributed by atoms with Gasteiger partial charge in [-0.3, -0.25) is 9.59 Å². The normalized spacial score (nSPS) is 11.4. The average molecular weight is 358 g/mol. The van der Waals surface area contributed by atoms with Crippen molar-refractivity contribution in [2.75, 3.05) is 10.6 Å². The maximum atomic E-state index is 12.4. The third-order valence-electron chi connectivity index (χ3n) is 4.34. The number of hydrogen-bond donors (Lipinski definition) is 2. The summed E-state index contributed by atoms with van der Waals surface area (Å²) in [6.45, 7) is 1.88. The second kappa shape index (κ2) is 8.81. The first kappa shape index (κ1) is 18.4. The minimum atomic E-state index is -0.239. The average Bonchev–Trinajstić information content (AvgIpc) is 2.70. The van der Waals surface area contributed by atoms with Gasteiger partial charge < -0.3 is 10.6 Å². The molecule has 0 saturated carbocycles. The van der Waals surface area contributed by atoms with Crippen LogP contribution in [0.5, 0.6) is 0 Å². The van der Waals surface area contributed by atoms with Gasteiger partial charge in [0.25, 0.3) is 0 Å². The molecule has 0 saturated heterocycles. The lowest BCUT2D eigenvalue weighted by atomic mass is 10.0. The van der Waals surface area contributed by atoms with E-state index in [9.17, 15) is 9.59 Å². The molecule has 3 aromatic carbocycles. The highest BCUT2D eigenvalue weighted by Crippen LogP contribution is 2.19. The van der Waals surface area contributed by atoms with Crippen LogP contribution in [0, 0.1) is 0 Å². The van der Waals surface area contributed by atoms with Crippen LogP contribution in [-0.2, 0) is 16.0 Å². The fraction of sp³-hybridized carbons (Fsp3) is 0.130. The Morgan fingerprint density at radius 2 is 1.26 bits per heavy atom. The quantitative estimate of drug-likeness (QED) is 0.676. The van der Waals surface area contributed by atoms with Crippen LogP contribution in [-0.4, -0.2) is 11.8 Å². The van der Waals surface area contributed by atoms with E-state index in [1.54, 1.807) is 24.3 Å². The van der Waals surface area contributed by atoms with Crippen molar-refractivity contribution in [1.82, 2.24) is 0 Å². The monoisotopic (exact) mass is 358 g/mol. The van der Waals surface area contributed by atoms with Crippen LogP contribution in [0.2, 0.25) is 0 Å². The van der Waals surface area contributed by atoms with E-state index < -0.39 is 0 Å². The number of carbonyl (C=O) groups is 2. The highest BCUT2D eigenvalue weighted by atomic mass is 16.2. The van der Waals surface area contributed by atoms with Crippen molar-refractivity contribution in [3.63, 3.8) is 0 Å². The molecule has 0 radical (unpaired) electrons. The Morgan fingerprint density at radius 3 is 1.85 bits per heavy atom. The number of carbonyl (C=O) groups excluding carboxylic acids is 2. The van der Waals surface area contributed by atoms with Gasteiger partial charge in [0.05, 0.1) is 12.3 Å². The molecule has 27 heavy (non-hydrogen) atoms. The zero-order chi connectivity index (χ0) is 19.1. The second-order valence-corrected chi connectivity index (χ2v) is 6.41. The fourth-order valence-corrected chi connectivity index (χ4v) is 2.77. The molecule has 136 valence electrons. The van der Waals surface area contributed by atoms with Crippen LogP contribution in [0.25, 0.3) is 0 Å². The van der Waals surface area contributed by atoms with Crippen molar-refractivity contribution >= 4 is 23.2 Å². The van der Waals surface area contributed by atoms with Gasteiger partial charge in [-0.25, -0.2) is 0 Å². The van der Waals surface area contributed by atoms with E-state index in [4.69, 9.17) is 0 Å². The first-order chi connectivity index (χ1) is 13.1. The van der Waals surface area contributed by atoms with E-state index in [0.29, 0.717) is 17.8 Å². The van der Waals surface area contributed by atoms with E-state index in [0.717, 1.165) is 11.1 Å². The summed E-state index contributed by atoms with van der Waals surface area (Å²) in [4.78, 5) is 24.5. The van der Waals surface area contributed by atoms with Crippen molar-refractivity contribution < 1.29 is 9.59 Å². The Hall–Kier alpha value is -3.40. The van der Waals surface area contributed by atoms with Crippen molar-refractivity contribution in [2.24, 2.45) is 0 Å². The number of hydrogen-bond acceptors (Lipinski definition) is 2. The van der Waals surface area contributed by atoms with Crippen molar-refractivity contribution in [3.8, 4) is 0 Å². The summed E-state index contributed by atoms with van der Waals surface area (Å²) in [6, 6.07) is 26.4. The third kappa shape index (κ3) is 5.28. The molecule has 0 fully saturated rings. The molecule has 0 spiro atoms. The molecule has 0 aliphatic rings. The van der Waals surface area contributed by atoms with E-state index in [1.165, 1.54) is 0 Å². The van der Waals surface area contributed by atoms with Gasteiger partial charge in [0, 0.05) is 11.4 Å². The third-order valence-corrected chi connectivity index (χ3v) is 4.34. The minimum Gasteiger partial charge on any atom is -0.326 e. The lowest BCUT2D eigenvalue weighted by Gasteiger charge is -2.13. The molecule has 0 aliphatic heterocycles. The summed E-state index contributed by atoms with van der Waals surface area (Å²) >= 11 is 0. The molecule has 3 aromatic rings. The number of benzene rings is 3. The van der Waals surface area contributed by atoms with E-state index in [2.05, 4.69) is 10.6 Å². The molecule has 0 heterocycles. The van der Waals surface area contributed by atoms with Crippen LogP contribution < -0.4 is 10.6 Å². The zero-order valence-corrected chi connectivity index (χ0v) is 15.2. The molecule has 4 nitrogen and oxygen atoms in total. The van der Waals surface area contributed by atoms with Gasteiger partial charge in [0.2, 0.25) is 11.8 Å². The van der Waals surface area contributed by atoms with Crippen molar-refractivity contribution in [1.29, 1.82) is 0 Å². The second-order valence-electron chi connectivity index (χ2n) is 6.41. The largest absolute Gasteiger partial charge is 0.326 e. The van der Waals surface area contributed by atoms with Gasteiger partial charge >= 0.3 is 0 Å². The van der Waals surface area contributed by atoms with Crippen LogP contribution in [0.1, 0.15) is 24.0 Å². The maximum absolute atomic E-state index is 12.4. The maximum Gasteiger partial charge on any atom is 0.231 e. The smallest absolute Gasteiger partial charge is 0.231 e. The first-order valence-electron chi connectivity index (χ1n) is 8.91. The Morgan fingerprint density at radius 1 is 0.741 bits per heavy atom. The number of nitrogens with one attached hydrogen (secondary N) is 2. The minimum absolute atomic E-state index is 0.0675. The molecule has 4 heteroatoms. The first-order valence-corrected chi connectivity index (χ1v) is 8.91.